The molecule has 2 aliphatic heterocycles. The van der Waals surface area contributed by atoms with Crippen LogP contribution in [0, 0.1) is 5.92 Å². The number of likely N-dealkylation sites (tertiary alicyclic amines) is 1. The van der Waals surface area contributed by atoms with Gasteiger partial charge in [0.15, 0.2) is 15.8 Å². The fourth-order valence-corrected chi connectivity index (χ4v) is 4.27. The van der Waals surface area contributed by atoms with Gasteiger partial charge in [-0.2, -0.15) is 0 Å². The number of rotatable bonds is 6. The van der Waals surface area contributed by atoms with Crippen molar-refractivity contribution in [3.05, 3.63) is 0 Å². The normalized spacial score (nSPS) is 23.5. The summed E-state index contributed by atoms with van der Waals surface area (Å²) in [5.74, 6) is 1.58. The van der Waals surface area contributed by atoms with Crippen molar-refractivity contribution in [2.45, 2.75) is 38.9 Å². The second-order valence-electron chi connectivity index (χ2n) is 8.18. The summed E-state index contributed by atoms with van der Waals surface area (Å²) in [7, 11) is -3.13. The number of guanidine groups is 1. The van der Waals surface area contributed by atoms with Crippen molar-refractivity contribution in [3.63, 3.8) is 0 Å². The van der Waals surface area contributed by atoms with Crippen molar-refractivity contribution >= 4 is 15.8 Å². The van der Waals surface area contributed by atoms with E-state index in [0.29, 0.717) is 12.5 Å². The third-order valence-corrected chi connectivity index (χ3v) is 7.68. The topological polar surface area (TPSA) is 74.2 Å². The first-order valence-electron chi connectivity index (χ1n) is 9.78. The number of hydrogen-bond acceptors (Lipinski definition) is 5. The number of morpholine rings is 1. The molecule has 0 bridgehead atoms. The molecule has 0 aromatic carbocycles. The number of aliphatic imine (C=N–C) groups is 1. The summed E-state index contributed by atoms with van der Waals surface area (Å²) >= 11 is 0. The summed E-state index contributed by atoms with van der Waals surface area (Å²) in [5, 5.41) is 3.32. The lowest BCUT2D eigenvalue weighted by molar-refractivity contribution is 0.0315. The largest absolute Gasteiger partial charge is 0.379 e. The van der Waals surface area contributed by atoms with E-state index in [0.717, 1.165) is 64.9 Å². The SMILES string of the molecule is CCNC(=NCCS(=O)(=O)C(C)(C)C)N1CCC(CN2CCOCC2)C1. The Bertz CT molecular complexity index is 565. The smallest absolute Gasteiger partial charge is 0.193 e. The minimum absolute atomic E-state index is 0.0937. The van der Waals surface area contributed by atoms with Crippen LogP contribution in [0.3, 0.4) is 0 Å². The first-order chi connectivity index (χ1) is 12.2. The molecule has 0 saturated carbocycles. The molecular formula is C18H36N4O3S. The van der Waals surface area contributed by atoms with Crippen LogP contribution in [0.2, 0.25) is 0 Å². The average molecular weight is 389 g/mol. The molecule has 1 N–H and O–H groups in total. The van der Waals surface area contributed by atoms with Crippen LogP contribution in [0.25, 0.3) is 0 Å². The van der Waals surface area contributed by atoms with Crippen LogP contribution in [0.5, 0.6) is 0 Å². The van der Waals surface area contributed by atoms with E-state index in [1.807, 2.05) is 6.92 Å². The van der Waals surface area contributed by atoms with Crippen LogP contribution in [-0.4, -0.2) is 93.7 Å². The van der Waals surface area contributed by atoms with Gasteiger partial charge in [0.25, 0.3) is 0 Å². The molecule has 0 spiro atoms. The molecule has 0 aliphatic carbocycles. The summed E-state index contributed by atoms with van der Waals surface area (Å²) in [6.07, 6.45) is 1.15. The summed E-state index contributed by atoms with van der Waals surface area (Å²) < 4.78 is 29.2. The highest BCUT2D eigenvalue weighted by Crippen LogP contribution is 2.19. The van der Waals surface area contributed by atoms with Gasteiger partial charge in [-0.25, -0.2) is 8.42 Å². The summed E-state index contributed by atoms with van der Waals surface area (Å²) in [4.78, 5) is 9.35. The maximum atomic E-state index is 12.3. The Kier molecular flexibility index (Phi) is 7.73. The van der Waals surface area contributed by atoms with E-state index >= 15 is 0 Å². The Balaban J connectivity index is 1.88. The predicted octanol–water partition coefficient (Wildman–Crippen LogP) is 0.819. The molecule has 2 fully saturated rings. The van der Waals surface area contributed by atoms with Gasteiger partial charge in [0.2, 0.25) is 0 Å². The fraction of sp³-hybridized carbons (Fsp3) is 0.944. The third kappa shape index (κ3) is 6.09. The van der Waals surface area contributed by atoms with Gasteiger partial charge in [-0.3, -0.25) is 9.89 Å². The first-order valence-corrected chi connectivity index (χ1v) is 11.4. The zero-order valence-electron chi connectivity index (χ0n) is 16.8. The summed E-state index contributed by atoms with van der Waals surface area (Å²) in [6.45, 7) is 15.2. The molecular weight excluding hydrogens is 352 g/mol. The number of nitrogens with one attached hydrogen (secondary N) is 1. The van der Waals surface area contributed by atoms with Gasteiger partial charge in [0.05, 0.1) is 30.3 Å². The van der Waals surface area contributed by atoms with Crippen LogP contribution in [0.1, 0.15) is 34.1 Å². The molecule has 1 unspecified atom stereocenters. The second-order valence-corrected chi connectivity index (χ2v) is 11.0. The standard InChI is InChI=1S/C18H36N4O3S/c1-5-19-17(20-7-13-26(23,24)18(2,3)4)22-8-6-16(15-22)14-21-9-11-25-12-10-21/h16H,5-15H2,1-4H3,(H,19,20). The van der Waals surface area contributed by atoms with E-state index in [1.54, 1.807) is 20.8 Å². The number of hydrogen-bond donors (Lipinski definition) is 1. The van der Waals surface area contributed by atoms with Crippen molar-refractivity contribution in [1.29, 1.82) is 0 Å². The van der Waals surface area contributed by atoms with Crippen LogP contribution in [0.15, 0.2) is 4.99 Å². The lowest BCUT2D eigenvalue weighted by Gasteiger charge is -2.29. The Morgan fingerprint density at radius 3 is 2.54 bits per heavy atom. The number of ether oxygens (including phenoxy) is 1. The zero-order valence-corrected chi connectivity index (χ0v) is 17.6. The highest BCUT2D eigenvalue weighted by molar-refractivity contribution is 7.92. The quantitative estimate of drug-likeness (QED) is 0.536. The monoisotopic (exact) mass is 388 g/mol. The maximum absolute atomic E-state index is 12.3. The van der Waals surface area contributed by atoms with Gasteiger partial charge in [0, 0.05) is 39.3 Å². The van der Waals surface area contributed by atoms with Crippen molar-refractivity contribution in [1.82, 2.24) is 15.1 Å². The van der Waals surface area contributed by atoms with Gasteiger partial charge in [-0.15, -0.1) is 0 Å². The van der Waals surface area contributed by atoms with Gasteiger partial charge in [-0.1, -0.05) is 0 Å². The molecule has 0 aromatic rings. The first kappa shape index (κ1) is 21.4. The van der Waals surface area contributed by atoms with E-state index in [4.69, 9.17) is 4.74 Å². The van der Waals surface area contributed by atoms with Crippen molar-refractivity contribution < 1.29 is 13.2 Å². The Morgan fingerprint density at radius 2 is 1.92 bits per heavy atom. The van der Waals surface area contributed by atoms with E-state index < -0.39 is 14.6 Å². The highest BCUT2D eigenvalue weighted by Gasteiger charge is 2.29. The molecule has 2 aliphatic rings. The van der Waals surface area contributed by atoms with Gasteiger partial charge in [-0.05, 0) is 40.0 Å². The van der Waals surface area contributed by atoms with Gasteiger partial charge >= 0.3 is 0 Å². The molecule has 0 amide bonds. The Hall–Kier alpha value is -0.860. The molecule has 26 heavy (non-hydrogen) atoms. The minimum Gasteiger partial charge on any atom is -0.379 e. The lowest BCUT2D eigenvalue weighted by Crippen LogP contribution is -2.42. The van der Waals surface area contributed by atoms with Crippen LogP contribution in [0.4, 0.5) is 0 Å². The van der Waals surface area contributed by atoms with E-state index in [-0.39, 0.29) is 5.75 Å². The van der Waals surface area contributed by atoms with Crippen molar-refractivity contribution in [2.75, 3.05) is 64.8 Å². The molecule has 7 nitrogen and oxygen atoms in total. The minimum atomic E-state index is -3.13. The second kappa shape index (κ2) is 9.37. The number of sulfone groups is 1. The van der Waals surface area contributed by atoms with Gasteiger partial charge < -0.3 is 15.0 Å². The Morgan fingerprint density at radius 1 is 1.23 bits per heavy atom. The van der Waals surface area contributed by atoms with E-state index in [2.05, 4.69) is 20.1 Å². The summed E-state index contributed by atoms with van der Waals surface area (Å²) in [5.41, 5.74) is 0. The molecule has 2 rings (SSSR count). The molecule has 2 saturated heterocycles. The molecule has 0 radical (unpaired) electrons. The van der Waals surface area contributed by atoms with Crippen LogP contribution in [-0.2, 0) is 14.6 Å². The van der Waals surface area contributed by atoms with E-state index in [9.17, 15) is 8.42 Å². The number of nitrogens with zero attached hydrogens (tertiary/aromatic N) is 3. The van der Waals surface area contributed by atoms with Crippen LogP contribution >= 0.6 is 0 Å². The van der Waals surface area contributed by atoms with Gasteiger partial charge in [0.1, 0.15) is 0 Å². The zero-order chi connectivity index (χ0) is 19.2. The molecule has 1 atom stereocenters. The lowest BCUT2D eigenvalue weighted by atomic mass is 10.1. The maximum Gasteiger partial charge on any atom is 0.193 e. The average Bonchev–Trinajstić information content (AvgIpc) is 3.02. The molecule has 0 aromatic heterocycles. The molecule has 2 heterocycles. The third-order valence-electron chi connectivity index (χ3n) is 5.09. The van der Waals surface area contributed by atoms with E-state index in [1.165, 1.54) is 0 Å². The Labute approximate surface area is 159 Å². The molecule has 8 heteroatoms. The highest BCUT2D eigenvalue weighted by atomic mass is 32.2. The van der Waals surface area contributed by atoms with Crippen molar-refractivity contribution in [2.24, 2.45) is 10.9 Å². The van der Waals surface area contributed by atoms with Crippen LogP contribution < -0.4 is 5.32 Å². The molecule has 152 valence electrons. The fourth-order valence-electron chi connectivity index (χ4n) is 3.33. The van der Waals surface area contributed by atoms with Crippen molar-refractivity contribution in [3.8, 4) is 0 Å². The predicted molar refractivity (Wildman–Crippen MR) is 106 cm³/mol. The summed E-state index contributed by atoms with van der Waals surface area (Å²) in [6, 6.07) is 0.